The van der Waals surface area contributed by atoms with E-state index in [0.717, 1.165) is 46.1 Å². The number of aromatic nitrogens is 2. The minimum absolute atomic E-state index is 0.0682. The van der Waals surface area contributed by atoms with Gasteiger partial charge in [0.15, 0.2) is 5.16 Å². The molecule has 3 nitrogen and oxygen atoms in total. The highest BCUT2D eigenvalue weighted by molar-refractivity contribution is 8.02. The lowest BCUT2D eigenvalue weighted by molar-refractivity contribution is 0.602. The van der Waals surface area contributed by atoms with Crippen molar-refractivity contribution in [2.45, 2.75) is 35.7 Å². The molecule has 4 rings (SSSR count). The highest BCUT2D eigenvalue weighted by atomic mass is 32.2. The fraction of sp³-hybridized carbons (Fsp3) is 0.368. The van der Waals surface area contributed by atoms with E-state index in [1.165, 1.54) is 34.7 Å². The molecule has 0 fully saturated rings. The second-order valence-corrected chi connectivity index (χ2v) is 9.56. The lowest BCUT2D eigenvalue weighted by atomic mass is 9.97. The van der Waals surface area contributed by atoms with Gasteiger partial charge in [0.05, 0.1) is 5.39 Å². The maximum atomic E-state index is 13.7. The summed E-state index contributed by atoms with van der Waals surface area (Å²) in [6, 6.07) is 6.81. The van der Waals surface area contributed by atoms with Crippen LogP contribution in [0.25, 0.3) is 10.2 Å². The predicted molar refractivity (Wildman–Crippen MR) is 109 cm³/mol. The molecule has 1 aliphatic carbocycles. The highest BCUT2D eigenvalue weighted by Crippen LogP contribution is 2.34. The Balaban J connectivity index is 1.51. The van der Waals surface area contributed by atoms with Gasteiger partial charge in [-0.25, -0.2) is 9.37 Å². The van der Waals surface area contributed by atoms with Gasteiger partial charge in [-0.05, 0) is 43.4 Å². The van der Waals surface area contributed by atoms with Crippen LogP contribution in [0.2, 0.25) is 0 Å². The second kappa shape index (κ2) is 7.74. The largest absolute Gasteiger partial charge is 0.290 e. The number of thioether (sulfide) groups is 2. The highest BCUT2D eigenvalue weighted by Gasteiger charge is 2.21. The van der Waals surface area contributed by atoms with Gasteiger partial charge in [-0.1, -0.05) is 23.9 Å². The van der Waals surface area contributed by atoms with Crippen molar-refractivity contribution in [3.63, 3.8) is 0 Å². The van der Waals surface area contributed by atoms with Crippen molar-refractivity contribution in [2.24, 2.45) is 7.05 Å². The summed E-state index contributed by atoms with van der Waals surface area (Å²) in [5, 5.41) is 1.58. The van der Waals surface area contributed by atoms with E-state index in [1.54, 1.807) is 46.8 Å². The van der Waals surface area contributed by atoms with Crippen LogP contribution >= 0.6 is 34.9 Å². The van der Waals surface area contributed by atoms with Crippen LogP contribution in [-0.2, 0) is 19.9 Å². The van der Waals surface area contributed by atoms with Crippen LogP contribution in [-0.4, -0.2) is 21.1 Å². The summed E-state index contributed by atoms with van der Waals surface area (Å²) >= 11 is 4.74. The number of aryl methyl sites for hydroxylation is 2. The van der Waals surface area contributed by atoms with Crippen molar-refractivity contribution in [2.75, 3.05) is 11.5 Å². The topological polar surface area (TPSA) is 34.9 Å². The van der Waals surface area contributed by atoms with Crippen molar-refractivity contribution in [3.8, 4) is 0 Å². The summed E-state index contributed by atoms with van der Waals surface area (Å²) in [5.74, 6) is 1.36. The van der Waals surface area contributed by atoms with Crippen LogP contribution in [0.15, 0.2) is 39.1 Å². The molecule has 0 spiro atoms. The van der Waals surface area contributed by atoms with E-state index in [-0.39, 0.29) is 11.4 Å². The average molecular weight is 407 g/mol. The molecule has 0 saturated heterocycles. The summed E-state index contributed by atoms with van der Waals surface area (Å²) in [6.07, 6.45) is 4.43. The fourth-order valence-corrected chi connectivity index (χ4v) is 6.43. The molecule has 0 aliphatic heterocycles. The molecular formula is C19H19FN2OS3. The summed E-state index contributed by atoms with van der Waals surface area (Å²) in [5.41, 5.74) is 1.30. The first-order valence-electron chi connectivity index (χ1n) is 8.66. The van der Waals surface area contributed by atoms with Gasteiger partial charge < -0.3 is 0 Å². The van der Waals surface area contributed by atoms with Crippen molar-refractivity contribution in [1.29, 1.82) is 0 Å². The number of nitrogens with zero attached hydrogens (tertiary/aromatic N) is 2. The number of halogens is 1. The van der Waals surface area contributed by atoms with E-state index in [2.05, 4.69) is 0 Å². The van der Waals surface area contributed by atoms with Crippen molar-refractivity contribution < 1.29 is 4.39 Å². The fourth-order valence-electron chi connectivity index (χ4n) is 3.24. The van der Waals surface area contributed by atoms with Crippen LogP contribution in [0.4, 0.5) is 4.39 Å². The standard InChI is InChI=1S/C19H19FN2OS3/c1-22-18(23)16-12-6-2-4-8-14(12)26-17(16)21-19(22)25-11-10-24-15-9-5-3-7-13(15)20/h3,5,7,9H,2,4,6,8,10-11H2,1H3. The monoisotopic (exact) mass is 406 g/mol. The third-order valence-electron chi connectivity index (χ3n) is 4.56. The summed E-state index contributed by atoms with van der Waals surface area (Å²) in [7, 11) is 1.80. The Bertz CT molecular complexity index is 1010. The van der Waals surface area contributed by atoms with E-state index < -0.39 is 0 Å². The van der Waals surface area contributed by atoms with Gasteiger partial charge in [0, 0.05) is 28.3 Å². The number of benzene rings is 1. The molecule has 3 aromatic rings. The van der Waals surface area contributed by atoms with Crippen LogP contribution in [0, 0.1) is 5.82 Å². The molecule has 7 heteroatoms. The molecule has 0 amide bonds. The maximum Gasteiger partial charge on any atom is 0.262 e. The number of rotatable bonds is 5. The van der Waals surface area contributed by atoms with E-state index in [1.807, 2.05) is 6.07 Å². The Hall–Kier alpha value is -1.31. The van der Waals surface area contributed by atoms with Crippen molar-refractivity contribution in [3.05, 3.63) is 50.9 Å². The number of fused-ring (bicyclic) bond motifs is 3. The zero-order valence-corrected chi connectivity index (χ0v) is 16.9. The first-order valence-corrected chi connectivity index (χ1v) is 11.5. The number of hydrogen-bond acceptors (Lipinski definition) is 5. The number of hydrogen-bond donors (Lipinski definition) is 0. The van der Waals surface area contributed by atoms with Gasteiger partial charge in [0.1, 0.15) is 10.6 Å². The van der Waals surface area contributed by atoms with Crippen LogP contribution in [0.1, 0.15) is 23.3 Å². The Morgan fingerprint density at radius 3 is 2.81 bits per heavy atom. The van der Waals surface area contributed by atoms with Gasteiger partial charge in [-0.2, -0.15) is 0 Å². The zero-order valence-electron chi connectivity index (χ0n) is 14.5. The average Bonchev–Trinajstić information content (AvgIpc) is 3.02. The third-order valence-corrected chi connectivity index (χ3v) is 8.09. The molecular weight excluding hydrogens is 387 g/mol. The molecule has 0 saturated carbocycles. The molecule has 2 aromatic heterocycles. The normalized spacial score (nSPS) is 13.9. The Labute approximate surface area is 164 Å². The Morgan fingerprint density at radius 2 is 1.96 bits per heavy atom. The molecule has 0 bridgehead atoms. The zero-order chi connectivity index (χ0) is 18.1. The van der Waals surface area contributed by atoms with E-state index in [4.69, 9.17) is 4.98 Å². The second-order valence-electron chi connectivity index (χ2n) is 6.28. The first-order chi connectivity index (χ1) is 12.6. The van der Waals surface area contributed by atoms with E-state index in [9.17, 15) is 9.18 Å². The summed E-state index contributed by atoms with van der Waals surface area (Å²) in [6.45, 7) is 0. The van der Waals surface area contributed by atoms with Gasteiger partial charge in [-0.15, -0.1) is 23.1 Å². The third kappa shape index (κ3) is 3.44. The van der Waals surface area contributed by atoms with Crippen LogP contribution in [0.5, 0.6) is 0 Å². The molecule has 0 unspecified atom stereocenters. The molecule has 2 heterocycles. The number of thiophene rings is 1. The lowest BCUT2D eigenvalue weighted by Gasteiger charge is -2.10. The quantitative estimate of drug-likeness (QED) is 0.343. The SMILES string of the molecule is Cn1c(SCCSc2ccccc2F)nc2sc3c(c2c1=O)CCCC3. The molecule has 0 atom stereocenters. The van der Waals surface area contributed by atoms with Gasteiger partial charge in [0.25, 0.3) is 5.56 Å². The molecule has 0 radical (unpaired) electrons. The van der Waals surface area contributed by atoms with Crippen molar-refractivity contribution >= 4 is 45.1 Å². The minimum Gasteiger partial charge on any atom is -0.290 e. The molecule has 136 valence electrons. The van der Waals surface area contributed by atoms with Crippen LogP contribution < -0.4 is 5.56 Å². The van der Waals surface area contributed by atoms with E-state index in [0.29, 0.717) is 4.90 Å². The lowest BCUT2D eigenvalue weighted by Crippen LogP contribution is -2.20. The Kier molecular flexibility index (Phi) is 5.38. The Morgan fingerprint density at radius 1 is 1.19 bits per heavy atom. The predicted octanol–water partition coefficient (Wildman–Crippen LogP) is 4.90. The first kappa shape index (κ1) is 18.1. The van der Waals surface area contributed by atoms with Gasteiger partial charge in [-0.3, -0.25) is 9.36 Å². The smallest absolute Gasteiger partial charge is 0.262 e. The molecule has 0 N–H and O–H groups in total. The summed E-state index contributed by atoms with van der Waals surface area (Å²) in [4.78, 5) is 20.5. The van der Waals surface area contributed by atoms with Crippen molar-refractivity contribution in [1.82, 2.24) is 9.55 Å². The maximum absolute atomic E-state index is 13.7. The van der Waals surface area contributed by atoms with Gasteiger partial charge in [0.2, 0.25) is 0 Å². The van der Waals surface area contributed by atoms with Crippen LogP contribution in [0.3, 0.4) is 0 Å². The minimum atomic E-state index is -0.182. The molecule has 26 heavy (non-hydrogen) atoms. The van der Waals surface area contributed by atoms with E-state index >= 15 is 0 Å². The van der Waals surface area contributed by atoms with Gasteiger partial charge >= 0.3 is 0 Å². The molecule has 1 aliphatic rings. The molecule has 1 aromatic carbocycles. The summed E-state index contributed by atoms with van der Waals surface area (Å²) < 4.78 is 15.3.